The van der Waals surface area contributed by atoms with Gasteiger partial charge in [0.25, 0.3) is 5.91 Å². The minimum atomic E-state index is -3.39. The lowest BCUT2D eigenvalue weighted by Gasteiger charge is -2.07. The molecule has 2 N–H and O–H groups in total. The predicted octanol–water partition coefficient (Wildman–Crippen LogP) is 3.36. The van der Waals surface area contributed by atoms with Crippen LogP contribution in [0.15, 0.2) is 52.0 Å². The molecule has 7 nitrogen and oxygen atoms in total. The molecular weight excluding hydrogens is 418 g/mol. The van der Waals surface area contributed by atoms with Crippen LogP contribution in [0, 0.1) is 0 Å². The van der Waals surface area contributed by atoms with Gasteiger partial charge in [0.1, 0.15) is 15.7 Å². The van der Waals surface area contributed by atoms with E-state index in [1.807, 2.05) is 6.07 Å². The van der Waals surface area contributed by atoms with Crippen molar-refractivity contribution in [2.75, 3.05) is 11.0 Å². The Balaban J connectivity index is 1.76. The van der Waals surface area contributed by atoms with Crippen LogP contribution in [0.25, 0.3) is 28.2 Å². The first-order chi connectivity index (χ1) is 13.3. The minimum Gasteiger partial charge on any atom is -0.456 e. The van der Waals surface area contributed by atoms with Crippen molar-refractivity contribution in [2.45, 2.75) is 0 Å². The molecule has 142 valence electrons. The van der Waals surface area contributed by atoms with E-state index in [0.717, 1.165) is 17.2 Å². The highest BCUT2D eigenvalue weighted by Gasteiger charge is 2.23. The Morgan fingerprint density at radius 2 is 2.11 bits per heavy atom. The molecule has 4 rings (SSSR count). The Kier molecular flexibility index (Phi) is 4.69. The zero-order valence-corrected chi connectivity index (χ0v) is 16.9. The van der Waals surface area contributed by atoms with Crippen molar-refractivity contribution in [2.24, 2.45) is 0 Å². The number of hydrogen-bond acceptors (Lipinski definition) is 7. The van der Waals surface area contributed by atoms with Crippen molar-refractivity contribution < 1.29 is 17.6 Å². The standard InChI is InChI=1S/C18H13N3O4S3/c1-28(23,24)21-12-4-2-3-10(5-12)14-9-19-8-11-6-13(25-16(11)14)7-15-17(22)20-18(26)27-15/h2-9,21H,1H3,(H,20,22,26)/b15-7-. The van der Waals surface area contributed by atoms with Gasteiger partial charge < -0.3 is 9.73 Å². The van der Waals surface area contributed by atoms with Crippen LogP contribution in [0.1, 0.15) is 5.76 Å². The van der Waals surface area contributed by atoms with Gasteiger partial charge in [0, 0.05) is 35.1 Å². The van der Waals surface area contributed by atoms with E-state index in [0.29, 0.717) is 31.8 Å². The van der Waals surface area contributed by atoms with Crippen LogP contribution < -0.4 is 10.0 Å². The quantitative estimate of drug-likeness (QED) is 0.482. The number of thiocarbonyl (C=S) groups is 1. The topological polar surface area (TPSA) is 101 Å². The molecular formula is C18H13N3O4S3. The highest BCUT2D eigenvalue weighted by atomic mass is 32.2. The molecule has 0 saturated carbocycles. The number of hydrogen-bond donors (Lipinski definition) is 2. The van der Waals surface area contributed by atoms with Crippen molar-refractivity contribution in [3.05, 3.63) is 53.4 Å². The van der Waals surface area contributed by atoms with E-state index in [9.17, 15) is 13.2 Å². The van der Waals surface area contributed by atoms with E-state index in [1.54, 1.807) is 42.7 Å². The summed E-state index contributed by atoms with van der Waals surface area (Å²) in [7, 11) is -3.39. The summed E-state index contributed by atoms with van der Waals surface area (Å²) in [5.74, 6) is 0.241. The summed E-state index contributed by atoms with van der Waals surface area (Å²) in [5.41, 5.74) is 2.48. The molecule has 3 heterocycles. The Bertz CT molecular complexity index is 1260. The summed E-state index contributed by atoms with van der Waals surface area (Å²) in [4.78, 5) is 16.5. The fraction of sp³-hybridized carbons (Fsp3) is 0.0556. The second-order valence-corrected chi connectivity index (χ2v) is 9.53. The first kappa shape index (κ1) is 18.7. The molecule has 1 aliphatic heterocycles. The van der Waals surface area contributed by atoms with Gasteiger partial charge in [-0.3, -0.25) is 14.5 Å². The number of rotatable bonds is 4. The molecule has 2 aromatic heterocycles. The van der Waals surface area contributed by atoms with Crippen molar-refractivity contribution in [1.82, 2.24) is 10.3 Å². The zero-order valence-electron chi connectivity index (χ0n) is 14.4. The number of fused-ring (bicyclic) bond motifs is 1. The number of sulfonamides is 1. The zero-order chi connectivity index (χ0) is 19.9. The van der Waals surface area contributed by atoms with E-state index in [2.05, 4.69) is 15.0 Å². The highest BCUT2D eigenvalue weighted by molar-refractivity contribution is 8.26. The molecule has 0 radical (unpaired) electrons. The number of amides is 1. The maximum Gasteiger partial charge on any atom is 0.263 e. The van der Waals surface area contributed by atoms with E-state index in [1.165, 1.54) is 11.8 Å². The molecule has 0 spiro atoms. The number of carbonyl (C=O) groups excluding carboxylic acids is 1. The van der Waals surface area contributed by atoms with Crippen LogP contribution in [-0.2, 0) is 14.8 Å². The molecule has 0 bridgehead atoms. The summed E-state index contributed by atoms with van der Waals surface area (Å²) in [6, 6.07) is 8.73. The molecule has 0 aliphatic carbocycles. The summed E-state index contributed by atoms with van der Waals surface area (Å²) < 4.78 is 31.8. The predicted molar refractivity (Wildman–Crippen MR) is 114 cm³/mol. The van der Waals surface area contributed by atoms with Gasteiger partial charge in [0.2, 0.25) is 10.0 Å². The van der Waals surface area contributed by atoms with E-state index < -0.39 is 10.0 Å². The number of pyridine rings is 1. The number of nitrogens with one attached hydrogen (secondary N) is 2. The second-order valence-electron chi connectivity index (χ2n) is 6.06. The van der Waals surface area contributed by atoms with Crippen molar-refractivity contribution in [1.29, 1.82) is 0 Å². The fourth-order valence-electron chi connectivity index (χ4n) is 2.77. The third kappa shape index (κ3) is 3.93. The van der Waals surface area contributed by atoms with Crippen molar-refractivity contribution >= 4 is 67.0 Å². The van der Waals surface area contributed by atoms with E-state index in [4.69, 9.17) is 16.6 Å². The number of thioether (sulfide) groups is 1. The Hall–Kier alpha value is -2.69. The Morgan fingerprint density at radius 3 is 2.82 bits per heavy atom. The Labute approximate surface area is 170 Å². The monoisotopic (exact) mass is 431 g/mol. The van der Waals surface area contributed by atoms with Gasteiger partial charge >= 0.3 is 0 Å². The smallest absolute Gasteiger partial charge is 0.263 e. The number of nitrogens with zero attached hydrogens (tertiary/aromatic N) is 1. The molecule has 1 saturated heterocycles. The maximum absolute atomic E-state index is 11.8. The average molecular weight is 432 g/mol. The van der Waals surface area contributed by atoms with Gasteiger partial charge in [-0.2, -0.15) is 0 Å². The van der Waals surface area contributed by atoms with Gasteiger partial charge in [-0.25, -0.2) is 8.42 Å². The molecule has 1 aromatic carbocycles. The molecule has 1 amide bonds. The van der Waals surface area contributed by atoms with Crippen LogP contribution in [0.2, 0.25) is 0 Å². The summed E-state index contributed by atoms with van der Waals surface area (Å²) >= 11 is 6.17. The number of benzene rings is 1. The van der Waals surface area contributed by atoms with Gasteiger partial charge in [-0.05, 0) is 23.8 Å². The van der Waals surface area contributed by atoms with Crippen LogP contribution in [0.3, 0.4) is 0 Å². The fourth-order valence-corrected chi connectivity index (χ4v) is 4.35. The second kappa shape index (κ2) is 7.04. The number of aromatic nitrogens is 1. The van der Waals surface area contributed by atoms with E-state index >= 15 is 0 Å². The van der Waals surface area contributed by atoms with E-state index in [-0.39, 0.29) is 5.91 Å². The lowest BCUT2D eigenvalue weighted by atomic mass is 10.1. The van der Waals surface area contributed by atoms with Gasteiger partial charge in [0.15, 0.2) is 0 Å². The third-order valence-corrected chi connectivity index (χ3v) is 5.60. The lowest BCUT2D eigenvalue weighted by Crippen LogP contribution is -2.17. The SMILES string of the molecule is CS(=O)(=O)Nc1cccc(-c2cncc3cc(/C=C4\SC(=S)NC4=O)oc23)c1. The molecule has 0 atom stereocenters. The lowest BCUT2D eigenvalue weighted by molar-refractivity contribution is -0.115. The molecule has 1 aliphatic rings. The first-order valence-corrected chi connectivity index (χ1v) is 11.1. The van der Waals surface area contributed by atoms with Crippen molar-refractivity contribution in [3.8, 4) is 11.1 Å². The van der Waals surface area contributed by atoms with Gasteiger partial charge in [-0.15, -0.1) is 0 Å². The third-order valence-electron chi connectivity index (χ3n) is 3.83. The normalized spacial score (nSPS) is 16.0. The summed E-state index contributed by atoms with van der Waals surface area (Å²) in [6.45, 7) is 0. The maximum atomic E-state index is 11.8. The van der Waals surface area contributed by atoms with Crippen molar-refractivity contribution in [3.63, 3.8) is 0 Å². The average Bonchev–Trinajstić information content (AvgIpc) is 3.15. The van der Waals surface area contributed by atoms with Crippen LogP contribution in [0.5, 0.6) is 0 Å². The van der Waals surface area contributed by atoms with Crippen LogP contribution >= 0.6 is 24.0 Å². The van der Waals surface area contributed by atoms with Gasteiger partial charge in [-0.1, -0.05) is 36.1 Å². The number of furan rings is 1. The van der Waals surface area contributed by atoms with Crippen LogP contribution in [-0.4, -0.2) is 29.9 Å². The largest absolute Gasteiger partial charge is 0.456 e. The number of anilines is 1. The minimum absolute atomic E-state index is 0.256. The highest BCUT2D eigenvalue weighted by Crippen LogP contribution is 2.33. The van der Waals surface area contributed by atoms with Crippen LogP contribution in [0.4, 0.5) is 5.69 Å². The number of carbonyl (C=O) groups is 1. The molecule has 3 aromatic rings. The molecule has 0 unspecified atom stereocenters. The summed E-state index contributed by atoms with van der Waals surface area (Å²) in [5, 5.41) is 3.32. The molecule has 28 heavy (non-hydrogen) atoms. The Morgan fingerprint density at radius 1 is 1.29 bits per heavy atom. The molecule has 1 fully saturated rings. The summed E-state index contributed by atoms with van der Waals surface area (Å²) in [6.07, 6.45) is 6.03. The molecule has 10 heteroatoms. The first-order valence-electron chi connectivity index (χ1n) is 7.99. The van der Waals surface area contributed by atoms with Gasteiger partial charge in [0.05, 0.1) is 11.2 Å².